The van der Waals surface area contributed by atoms with Crippen LogP contribution in [0.25, 0.3) is 0 Å². The van der Waals surface area contributed by atoms with Crippen LogP contribution in [0.3, 0.4) is 0 Å². The Morgan fingerprint density at radius 3 is 2.23 bits per heavy atom. The molecule has 10 heteroatoms. The average Bonchev–Trinajstić information content (AvgIpc) is 2.73. The number of nitrogens with zero attached hydrogens (tertiary/aromatic N) is 2. The number of nitro groups is 1. The smallest absolute Gasteiger partial charge is 0.416 e. The molecule has 0 saturated carbocycles. The maximum atomic E-state index is 12.9. The molecule has 0 aliphatic carbocycles. The summed E-state index contributed by atoms with van der Waals surface area (Å²) in [7, 11) is 1.52. The van der Waals surface area contributed by atoms with Crippen molar-refractivity contribution in [2.24, 2.45) is 5.92 Å². The Hall–Kier alpha value is -3.30. The van der Waals surface area contributed by atoms with Crippen molar-refractivity contribution in [3.8, 4) is 11.5 Å². The molecule has 160 valence electrons. The van der Waals surface area contributed by atoms with E-state index in [0.29, 0.717) is 30.4 Å². The first kappa shape index (κ1) is 21.4. The lowest BCUT2D eigenvalue weighted by atomic mass is 9.96. The van der Waals surface area contributed by atoms with Gasteiger partial charge in [-0.25, -0.2) is 0 Å². The van der Waals surface area contributed by atoms with Crippen LogP contribution in [0, 0.1) is 16.0 Å². The number of benzene rings is 2. The Balaban J connectivity index is 1.66. The molecule has 2 aromatic carbocycles. The number of anilines is 1. The molecular formula is C20H19F3N2O5. The molecule has 0 amide bonds. The van der Waals surface area contributed by atoms with Gasteiger partial charge in [-0.05, 0) is 49.2 Å². The molecule has 1 aliphatic rings. The van der Waals surface area contributed by atoms with E-state index in [0.717, 1.165) is 12.1 Å². The standard InChI is InChI=1S/C20H19F3N2O5/c1-29-15-3-5-16(6-4-15)30-19(26)13-8-10-24(11-9-13)17-7-2-14(20(21,22)23)12-18(17)25(27)28/h2-7,12-13H,8-11H2,1H3. The Morgan fingerprint density at radius 1 is 1.10 bits per heavy atom. The molecule has 0 aromatic heterocycles. The number of hydrogen-bond acceptors (Lipinski definition) is 6. The fraction of sp³-hybridized carbons (Fsp3) is 0.350. The fourth-order valence-corrected chi connectivity index (χ4v) is 3.31. The Morgan fingerprint density at radius 2 is 1.70 bits per heavy atom. The van der Waals surface area contributed by atoms with Crippen LogP contribution in [0.1, 0.15) is 18.4 Å². The number of ether oxygens (including phenoxy) is 2. The second-order valence-electron chi connectivity index (χ2n) is 6.82. The number of hydrogen-bond donors (Lipinski definition) is 0. The molecule has 30 heavy (non-hydrogen) atoms. The van der Waals surface area contributed by atoms with E-state index in [-0.39, 0.29) is 18.8 Å². The van der Waals surface area contributed by atoms with Gasteiger partial charge >= 0.3 is 12.1 Å². The lowest BCUT2D eigenvalue weighted by molar-refractivity contribution is -0.384. The van der Waals surface area contributed by atoms with E-state index in [1.807, 2.05) is 0 Å². The van der Waals surface area contributed by atoms with Crippen molar-refractivity contribution >= 4 is 17.3 Å². The van der Waals surface area contributed by atoms with E-state index in [2.05, 4.69) is 0 Å². The molecule has 0 spiro atoms. The molecule has 3 rings (SSSR count). The zero-order chi connectivity index (χ0) is 21.9. The van der Waals surface area contributed by atoms with Gasteiger partial charge in [0.2, 0.25) is 0 Å². The normalized spacial score (nSPS) is 15.0. The second kappa shape index (κ2) is 8.60. The molecule has 7 nitrogen and oxygen atoms in total. The highest BCUT2D eigenvalue weighted by molar-refractivity contribution is 5.76. The Labute approximate surface area is 170 Å². The second-order valence-corrected chi connectivity index (χ2v) is 6.82. The summed E-state index contributed by atoms with van der Waals surface area (Å²) < 4.78 is 49.0. The molecule has 0 radical (unpaired) electrons. The topological polar surface area (TPSA) is 81.9 Å². The van der Waals surface area contributed by atoms with E-state index >= 15 is 0 Å². The van der Waals surface area contributed by atoms with E-state index in [9.17, 15) is 28.1 Å². The van der Waals surface area contributed by atoms with Gasteiger partial charge in [0, 0.05) is 19.2 Å². The van der Waals surface area contributed by atoms with Crippen LogP contribution in [-0.2, 0) is 11.0 Å². The van der Waals surface area contributed by atoms with Crippen LogP contribution < -0.4 is 14.4 Å². The molecule has 0 bridgehead atoms. The van der Waals surface area contributed by atoms with E-state index in [4.69, 9.17) is 9.47 Å². The highest BCUT2D eigenvalue weighted by Gasteiger charge is 2.35. The molecule has 0 unspecified atom stereocenters. The van der Waals surface area contributed by atoms with Gasteiger partial charge in [-0.3, -0.25) is 14.9 Å². The number of carbonyl (C=O) groups is 1. The van der Waals surface area contributed by atoms with Crippen molar-refractivity contribution in [3.05, 3.63) is 58.1 Å². The summed E-state index contributed by atoms with van der Waals surface area (Å²) in [4.78, 5) is 24.5. The maximum absolute atomic E-state index is 12.9. The lowest BCUT2D eigenvalue weighted by Gasteiger charge is -2.32. The molecule has 0 N–H and O–H groups in total. The number of alkyl halides is 3. The third kappa shape index (κ3) is 4.81. The van der Waals surface area contributed by atoms with Crippen LogP contribution >= 0.6 is 0 Å². The molecule has 2 aromatic rings. The summed E-state index contributed by atoms with van der Waals surface area (Å²) in [5.41, 5.74) is -1.57. The Bertz CT molecular complexity index is 923. The summed E-state index contributed by atoms with van der Waals surface area (Å²) in [5, 5.41) is 11.3. The summed E-state index contributed by atoms with van der Waals surface area (Å²) >= 11 is 0. The zero-order valence-electron chi connectivity index (χ0n) is 16.0. The number of esters is 1. The minimum Gasteiger partial charge on any atom is -0.497 e. The number of halogens is 3. The van der Waals surface area contributed by atoms with Crippen molar-refractivity contribution in [2.75, 3.05) is 25.1 Å². The predicted octanol–water partition coefficient (Wildman–Crippen LogP) is 4.44. The van der Waals surface area contributed by atoms with Crippen molar-refractivity contribution < 1.29 is 32.4 Å². The molecular weight excluding hydrogens is 405 g/mol. The van der Waals surface area contributed by atoms with E-state index in [1.165, 1.54) is 7.11 Å². The summed E-state index contributed by atoms with van der Waals surface area (Å²) in [6.45, 7) is 0.573. The summed E-state index contributed by atoms with van der Waals surface area (Å²) in [5.74, 6) is 0.182. The molecule has 1 aliphatic heterocycles. The van der Waals surface area contributed by atoms with Gasteiger partial charge < -0.3 is 14.4 Å². The van der Waals surface area contributed by atoms with Gasteiger partial charge in [0.25, 0.3) is 5.69 Å². The third-order valence-corrected chi connectivity index (χ3v) is 4.95. The fourth-order valence-electron chi connectivity index (χ4n) is 3.31. The minimum atomic E-state index is -4.67. The van der Waals surface area contributed by atoms with Gasteiger partial charge in [0.05, 0.1) is 23.5 Å². The number of carbonyl (C=O) groups excluding carboxylic acids is 1. The highest BCUT2D eigenvalue weighted by Crippen LogP contribution is 2.37. The van der Waals surface area contributed by atoms with E-state index < -0.39 is 34.2 Å². The number of methoxy groups -OCH3 is 1. The first-order chi connectivity index (χ1) is 14.2. The van der Waals surface area contributed by atoms with Crippen LogP contribution in [0.5, 0.6) is 11.5 Å². The SMILES string of the molecule is COc1ccc(OC(=O)C2CCN(c3ccc(C(F)(F)F)cc3[N+](=O)[O-])CC2)cc1. The third-order valence-electron chi connectivity index (χ3n) is 4.95. The van der Waals surface area contributed by atoms with Crippen LogP contribution in [0.2, 0.25) is 0 Å². The molecule has 1 saturated heterocycles. The number of piperidine rings is 1. The monoisotopic (exact) mass is 424 g/mol. The largest absolute Gasteiger partial charge is 0.497 e. The minimum absolute atomic E-state index is 0.106. The maximum Gasteiger partial charge on any atom is 0.416 e. The van der Waals surface area contributed by atoms with Crippen LogP contribution in [0.4, 0.5) is 24.5 Å². The van der Waals surface area contributed by atoms with Gasteiger partial charge in [-0.1, -0.05) is 0 Å². The highest BCUT2D eigenvalue weighted by atomic mass is 19.4. The average molecular weight is 424 g/mol. The number of nitro benzene ring substituents is 1. The van der Waals surface area contributed by atoms with Crippen molar-refractivity contribution in [1.29, 1.82) is 0 Å². The number of rotatable bonds is 5. The first-order valence-electron chi connectivity index (χ1n) is 9.15. The molecule has 0 atom stereocenters. The van der Waals surface area contributed by atoms with Gasteiger partial charge in [-0.2, -0.15) is 13.2 Å². The van der Waals surface area contributed by atoms with E-state index in [1.54, 1.807) is 29.2 Å². The quantitative estimate of drug-likeness (QED) is 0.305. The Kier molecular flexibility index (Phi) is 6.14. The van der Waals surface area contributed by atoms with Gasteiger partial charge in [-0.15, -0.1) is 0 Å². The summed E-state index contributed by atoms with van der Waals surface area (Å²) in [6.07, 6.45) is -3.93. The van der Waals surface area contributed by atoms with Gasteiger partial charge in [0.1, 0.15) is 17.2 Å². The van der Waals surface area contributed by atoms with Gasteiger partial charge in [0.15, 0.2) is 0 Å². The van der Waals surface area contributed by atoms with Crippen molar-refractivity contribution in [3.63, 3.8) is 0 Å². The molecule has 1 fully saturated rings. The summed E-state index contributed by atoms with van der Waals surface area (Å²) in [6, 6.07) is 9.02. The predicted molar refractivity (Wildman–Crippen MR) is 102 cm³/mol. The van der Waals surface area contributed by atoms with Crippen molar-refractivity contribution in [2.45, 2.75) is 19.0 Å². The van der Waals surface area contributed by atoms with Crippen LogP contribution in [0.15, 0.2) is 42.5 Å². The molecule has 1 heterocycles. The van der Waals surface area contributed by atoms with Crippen LogP contribution in [-0.4, -0.2) is 31.1 Å². The zero-order valence-corrected chi connectivity index (χ0v) is 16.0. The first-order valence-corrected chi connectivity index (χ1v) is 9.15. The van der Waals surface area contributed by atoms with Crippen molar-refractivity contribution in [1.82, 2.24) is 0 Å². The lowest BCUT2D eigenvalue weighted by Crippen LogP contribution is -2.38.